The van der Waals surface area contributed by atoms with Gasteiger partial charge in [-0.2, -0.15) is 0 Å². The normalized spacial score (nSPS) is 20.4. The Morgan fingerprint density at radius 2 is 1.65 bits per heavy atom. The average Bonchev–Trinajstić information content (AvgIpc) is 3.05. The molecule has 0 N–H and O–H groups in total. The second-order valence-electron chi connectivity index (χ2n) is 14.3. The molecule has 2 aliphatic rings. The number of fused-ring (bicyclic) bond motifs is 1. The summed E-state index contributed by atoms with van der Waals surface area (Å²) in [6, 6.07) is 6.12. The summed E-state index contributed by atoms with van der Waals surface area (Å²) in [6.45, 7) is 24.8. The van der Waals surface area contributed by atoms with Crippen molar-refractivity contribution >= 4 is 15.4 Å². The third-order valence-electron chi connectivity index (χ3n) is 9.01. The highest BCUT2D eigenvalue weighted by Crippen LogP contribution is 2.49. The summed E-state index contributed by atoms with van der Waals surface area (Å²) in [6.07, 6.45) is 4.47. The number of rotatable bonds is 8. The first-order chi connectivity index (χ1) is 18.4. The second kappa shape index (κ2) is 10.6. The van der Waals surface area contributed by atoms with Gasteiger partial charge in [0.05, 0.1) is 18.3 Å². The molecule has 0 bridgehead atoms. The fourth-order valence-corrected chi connectivity index (χ4v) is 5.72. The van der Waals surface area contributed by atoms with E-state index in [4.69, 9.17) is 27.9 Å². The SMILES string of the molecule is COc1ccc(-c2cncc(C(CO[Si](C)(C)C(C)(C)C)CB3OC(C)(C)C(C)(C)O3)c2)c2c1OC(C)(C)CO2. The van der Waals surface area contributed by atoms with Crippen LogP contribution in [0.15, 0.2) is 30.6 Å². The largest absolute Gasteiger partial charge is 0.493 e. The molecular formula is C31H48BNO6Si. The molecule has 0 spiro atoms. The second-order valence-corrected chi connectivity index (χ2v) is 19.1. The van der Waals surface area contributed by atoms with Crippen LogP contribution in [-0.4, -0.2) is 57.5 Å². The zero-order chi connectivity index (χ0) is 29.7. The highest BCUT2D eigenvalue weighted by molar-refractivity contribution is 6.74. The van der Waals surface area contributed by atoms with Crippen molar-refractivity contribution in [1.82, 2.24) is 4.98 Å². The van der Waals surface area contributed by atoms with E-state index in [0.29, 0.717) is 36.8 Å². The molecule has 1 unspecified atom stereocenters. The molecule has 0 aliphatic carbocycles. The standard InChI is InChI=1S/C31H48BNO6Si/c1-28(2,3)40(11,12)36-19-23(16-32-38-30(6,7)31(8,9)39-32)21-15-22(18-33-17-21)24-13-14-25(34-10)27-26(24)35-20-29(4,5)37-27/h13-15,17-18,23H,16,19-20H2,1-12H3. The van der Waals surface area contributed by atoms with Crippen molar-refractivity contribution in [3.05, 3.63) is 36.2 Å². The summed E-state index contributed by atoms with van der Waals surface area (Å²) in [4.78, 5) is 4.67. The maximum Gasteiger partial charge on any atom is 0.458 e. The number of hydrogen-bond acceptors (Lipinski definition) is 7. The molecule has 2 aliphatic heterocycles. The van der Waals surface area contributed by atoms with Gasteiger partial charge in [-0.3, -0.25) is 4.98 Å². The lowest BCUT2D eigenvalue weighted by atomic mass is 9.75. The Bertz CT molecular complexity index is 1210. The summed E-state index contributed by atoms with van der Waals surface area (Å²) < 4.78 is 37.7. The van der Waals surface area contributed by atoms with Gasteiger partial charge in [-0.1, -0.05) is 20.8 Å². The van der Waals surface area contributed by atoms with Gasteiger partial charge in [0.15, 0.2) is 19.8 Å². The molecule has 0 amide bonds. The van der Waals surface area contributed by atoms with Crippen molar-refractivity contribution in [2.45, 2.75) is 109 Å². The van der Waals surface area contributed by atoms with Gasteiger partial charge in [-0.05, 0) is 89.8 Å². The lowest BCUT2D eigenvalue weighted by molar-refractivity contribution is 0.00578. The Labute approximate surface area is 242 Å². The van der Waals surface area contributed by atoms with Crippen molar-refractivity contribution < 1.29 is 27.9 Å². The van der Waals surface area contributed by atoms with Crippen LogP contribution in [0.25, 0.3) is 11.1 Å². The summed E-state index contributed by atoms with van der Waals surface area (Å²) >= 11 is 0. The van der Waals surface area contributed by atoms with E-state index in [-0.39, 0.29) is 18.1 Å². The quantitative estimate of drug-likeness (QED) is 0.305. The predicted octanol–water partition coefficient (Wildman–Crippen LogP) is 7.50. The number of ether oxygens (including phenoxy) is 3. The van der Waals surface area contributed by atoms with E-state index in [1.54, 1.807) is 7.11 Å². The van der Waals surface area contributed by atoms with Gasteiger partial charge in [0.1, 0.15) is 12.2 Å². The molecule has 1 fully saturated rings. The topological polar surface area (TPSA) is 68.3 Å². The van der Waals surface area contributed by atoms with Crippen molar-refractivity contribution in [2.24, 2.45) is 0 Å². The fraction of sp³-hybridized carbons (Fsp3) is 0.645. The van der Waals surface area contributed by atoms with Gasteiger partial charge in [0.2, 0.25) is 5.75 Å². The molecule has 2 aromatic rings. The van der Waals surface area contributed by atoms with Crippen LogP contribution >= 0.6 is 0 Å². The van der Waals surface area contributed by atoms with Gasteiger partial charge < -0.3 is 27.9 Å². The van der Waals surface area contributed by atoms with Crippen LogP contribution in [0.3, 0.4) is 0 Å². The van der Waals surface area contributed by atoms with Crippen molar-refractivity contribution in [3.8, 4) is 28.4 Å². The van der Waals surface area contributed by atoms with E-state index in [0.717, 1.165) is 16.7 Å². The number of pyridine rings is 1. The van der Waals surface area contributed by atoms with Crippen molar-refractivity contribution in [1.29, 1.82) is 0 Å². The Morgan fingerprint density at radius 1 is 1.00 bits per heavy atom. The number of nitrogens with zero attached hydrogens (tertiary/aromatic N) is 1. The zero-order valence-electron chi connectivity index (χ0n) is 26.6. The first-order valence-corrected chi connectivity index (χ1v) is 17.2. The van der Waals surface area contributed by atoms with Gasteiger partial charge in [-0.25, -0.2) is 0 Å². The van der Waals surface area contributed by atoms with Crippen LogP contribution in [0.5, 0.6) is 17.2 Å². The van der Waals surface area contributed by atoms with Crippen LogP contribution in [0.4, 0.5) is 0 Å². The van der Waals surface area contributed by atoms with Gasteiger partial charge in [0.25, 0.3) is 0 Å². The molecule has 7 nitrogen and oxygen atoms in total. The van der Waals surface area contributed by atoms with Crippen molar-refractivity contribution in [2.75, 3.05) is 20.3 Å². The molecule has 0 saturated carbocycles. The molecule has 4 rings (SSSR count). The Kier molecular flexibility index (Phi) is 8.22. The minimum atomic E-state index is -1.99. The molecule has 220 valence electrons. The van der Waals surface area contributed by atoms with Crippen LogP contribution in [0.2, 0.25) is 24.5 Å². The van der Waals surface area contributed by atoms with Gasteiger partial charge in [0, 0.05) is 36.0 Å². The van der Waals surface area contributed by atoms with Crippen LogP contribution < -0.4 is 14.2 Å². The number of methoxy groups -OCH3 is 1. The minimum absolute atomic E-state index is 0.0291. The maximum absolute atomic E-state index is 6.75. The van der Waals surface area contributed by atoms with E-state index < -0.39 is 25.1 Å². The van der Waals surface area contributed by atoms with Crippen LogP contribution in [0.1, 0.15) is 73.8 Å². The highest BCUT2D eigenvalue weighted by atomic mass is 28.4. The molecule has 3 heterocycles. The average molecular weight is 570 g/mol. The van der Waals surface area contributed by atoms with Gasteiger partial charge >= 0.3 is 7.12 Å². The molecular weight excluding hydrogens is 521 g/mol. The molecule has 1 saturated heterocycles. The number of benzene rings is 1. The first-order valence-electron chi connectivity index (χ1n) is 14.3. The molecule has 1 atom stereocenters. The number of hydrogen-bond donors (Lipinski definition) is 0. The van der Waals surface area contributed by atoms with Gasteiger partial charge in [-0.15, -0.1) is 0 Å². The first kappa shape index (κ1) is 30.9. The smallest absolute Gasteiger partial charge is 0.458 e. The minimum Gasteiger partial charge on any atom is -0.493 e. The van der Waals surface area contributed by atoms with Crippen molar-refractivity contribution in [3.63, 3.8) is 0 Å². The highest BCUT2D eigenvalue weighted by Gasteiger charge is 2.51. The third-order valence-corrected chi connectivity index (χ3v) is 13.5. The molecule has 1 aromatic carbocycles. The summed E-state index contributed by atoms with van der Waals surface area (Å²) in [5.74, 6) is 1.98. The number of aromatic nitrogens is 1. The maximum atomic E-state index is 6.75. The lowest BCUT2D eigenvalue weighted by Gasteiger charge is -2.37. The lowest BCUT2D eigenvalue weighted by Crippen LogP contribution is -2.42. The van der Waals surface area contributed by atoms with Crippen LogP contribution in [-0.2, 0) is 13.7 Å². The van der Waals surface area contributed by atoms with E-state index in [9.17, 15) is 0 Å². The van der Waals surface area contributed by atoms with E-state index in [1.807, 2.05) is 38.4 Å². The fourth-order valence-electron chi connectivity index (χ4n) is 4.67. The third kappa shape index (κ3) is 6.22. The predicted molar refractivity (Wildman–Crippen MR) is 163 cm³/mol. The van der Waals surface area contributed by atoms with E-state index in [2.05, 4.69) is 72.6 Å². The monoisotopic (exact) mass is 569 g/mol. The molecule has 1 aromatic heterocycles. The van der Waals surface area contributed by atoms with E-state index in [1.165, 1.54) is 0 Å². The molecule has 9 heteroatoms. The molecule has 0 radical (unpaired) electrons. The summed E-state index contributed by atoms with van der Waals surface area (Å²) in [7, 11) is -0.681. The van der Waals surface area contributed by atoms with Crippen LogP contribution in [0, 0.1) is 0 Å². The summed E-state index contributed by atoms with van der Waals surface area (Å²) in [5, 5.41) is 0.106. The Hall–Kier alpha value is -2.07. The van der Waals surface area contributed by atoms with E-state index >= 15 is 0 Å². The zero-order valence-corrected chi connectivity index (χ0v) is 27.6. The Balaban J connectivity index is 1.69. The summed E-state index contributed by atoms with van der Waals surface area (Å²) in [5.41, 5.74) is 1.71. The Morgan fingerprint density at radius 3 is 2.25 bits per heavy atom. The molecule has 40 heavy (non-hydrogen) atoms.